The van der Waals surface area contributed by atoms with E-state index in [1.807, 2.05) is 0 Å². The number of hydrogen-bond donors (Lipinski definition) is 1. The minimum absolute atomic E-state index is 0.302. The van der Waals surface area contributed by atoms with Crippen molar-refractivity contribution in [3.63, 3.8) is 0 Å². The summed E-state index contributed by atoms with van der Waals surface area (Å²) < 4.78 is 0. The molecule has 94 valence electrons. The zero-order valence-electron chi connectivity index (χ0n) is 10.9. The van der Waals surface area contributed by atoms with Gasteiger partial charge in [0.05, 0.1) is 0 Å². The van der Waals surface area contributed by atoms with Crippen LogP contribution in [-0.2, 0) is 0 Å². The first-order valence-corrected chi connectivity index (χ1v) is 6.65. The number of rotatable bonds is 4. The van der Waals surface area contributed by atoms with Gasteiger partial charge in [-0.1, -0.05) is 18.2 Å². The largest absolute Gasteiger partial charge is 0.396 e. The van der Waals surface area contributed by atoms with Crippen molar-refractivity contribution in [2.24, 2.45) is 0 Å². The van der Waals surface area contributed by atoms with Gasteiger partial charge >= 0.3 is 0 Å². The Balaban J connectivity index is 2.17. The molecule has 2 heteroatoms. The molecule has 2 rings (SSSR count). The van der Waals surface area contributed by atoms with E-state index in [0.717, 1.165) is 13.0 Å². The summed E-state index contributed by atoms with van der Waals surface area (Å²) in [6.07, 6.45) is 3.43. The van der Waals surface area contributed by atoms with Crippen molar-refractivity contribution in [2.45, 2.75) is 39.2 Å². The van der Waals surface area contributed by atoms with Gasteiger partial charge < -0.3 is 5.11 Å². The van der Waals surface area contributed by atoms with Crippen molar-refractivity contribution in [1.29, 1.82) is 0 Å². The van der Waals surface area contributed by atoms with E-state index in [-0.39, 0.29) is 0 Å². The number of aliphatic hydroxyl groups is 1. The summed E-state index contributed by atoms with van der Waals surface area (Å²) in [5.74, 6) is 0. The fraction of sp³-hybridized carbons (Fsp3) is 0.600. The molecule has 1 aromatic carbocycles. The van der Waals surface area contributed by atoms with Crippen LogP contribution in [0.5, 0.6) is 0 Å². The predicted octanol–water partition coefficient (Wildman–Crippen LogP) is 2.82. The quantitative estimate of drug-likeness (QED) is 0.864. The average Bonchev–Trinajstić information content (AvgIpc) is 2.78. The van der Waals surface area contributed by atoms with Gasteiger partial charge in [0, 0.05) is 19.2 Å². The molecule has 0 bridgehead atoms. The molecule has 0 aromatic heterocycles. The van der Waals surface area contributed by atoms with Crippen LogP contribution in [0.3, 0.4) is 0 Å². The van der Waals surface area contributed by atoms with Crippen molar-refractivity contribution in [3.8, 4) is 0 Å². The predicted molar refractivity (Wildman–Crippen MR) is 71.2 cm³/mol. The minimum atomic E-state index is 0.302. The number of benzene rings is 1. The van der Waals surface area contributed by atoms with Crippen LogP contribution < -0.4 is 0 Å². The molecule has 0 amide bonds. The highest BCUT2D eigenvalue weighted by Crippen LogP contribution is 2.34. The van der Waals surface area contributed by atoms with Crippen molar-refractivity contribution in [3.05, 3.63) is 34.9 Å². The number of aryl methyl sites for hydroxylation is 1. The summed E-state index contributed by atoms with van der Waals surface area (Å²) in [6, 6.07) is 7.19. The minimum Gasteiger partial charge on any atom is -0.396 e. The monoisotopic (exact) mass is 233 g/mol. The zero-order chi connectivity index (χ0) is 12.3. The smallest absolute Gasteiger partial charge is 0.0443 e. The van der Waals surface area contributed by atoms with Gasteiger partial charge in [-0.05, 0) is 56.3 Å². The molecule has 17 heavy (non-hydrogen) atoms. The van der Waals surface area contributed by atoms with Crippen LogP contribution in [0.15, 0.2) is 18.2 Å². The highest BCUT2D eigenvalue weighted by molar-refractivity contribution is 5.35. The lowest BCUT2D eigenvalue weighted by atomic mass is 9.96. The van der Waals surface area contributed by atoms with E-state index >= 15 is 0 Å². The molecule has 1 atom stereocenters. The summed E-state index contributed by atoms with van der Waals surface area (Å²) in [4.78, 5) is 2.53. The van der Waals surface area contributed by atoms with E-state index in [2.05, 4.69) is 36.9 Å². The van der Waals surface area contributed by atoms with Gasteiger partial charge in [0.2, 0.25) is 0 Å². The van der Waals surface area contributed by atoms with Crippen molar-refractivity contribution in [1.82, 2.24) is 4.90 Å². The first-order chi connectivity index (χ1) is 8.24. The van der Waals surface area contributed by atoms with E-state index < -0.39 is 0 Å². The molecule has 0 spiro atoms. The Morgan fingerprint density at radius 2 is 2.18 bits per heavy atom. The molecule has 1 saturated heterocycles. The van der Waals surface area contributed by atoms with Crippen LogP contribution in [0.25, 0.3) is 0 Å². The van der Waals surface area contributed by atoms with Crippen molar-refractivity contribution < 1.29 is 5.11 Å². The molecule has 1 fully saturated rings. The molecule has 0 saturated carbocycles. The Bertz CT molecular complexity index is 375. The zero-order valence-corrected chi connectivity index (χ0v) is 10.9. The van der Waals surface area contributed by atoms with Gasteiger partial charge in [-0.3, -0.25) is 4.90 Å². The molecule has 1 N–H and O–H groups in total. The lowest BCUT2D eigenvalue weighted by Gasteiger charge is -2.26. The summed E-state index contributed by atoms with van der Waals surface area (Å²) in [5, 5.41) is 8.96. The second-order valence-electron chi connectivity index (χ2n) is 5.06. The Morgan fingerprint density at radius 3 is 2.94 bits per heavy atom. The molecule has 1 unspecified atom stereocenters. The molecule has 1 aliphatic heterocycles. The van der Waals surface area contributed by atoms with E-state index in [0.29, 0.717) is 12.6 Å². The van der Waals surface area contributed by atoms with Crippen LogP contribution in [0.2, 0.25) is 0 Å². The van der Waals surface area contributed by atoms with Crippen molar-refractivity contribution >= 4 is 0 Å². The molecular weight excluding hydrogens is 210 g/mol. The Morgan fingerprint density at radius 1 is 1.35 bits per heavy atom. The van der Waals surface area contributed by atoms with E-state index in [9.17, 15) is 0 Å². The summed E-state index contributed by atoms with van der Waals surface area (Å²) in [7, 11) is 0. The normalized spacial score (nSPS) is 21.0. The van der Waals surface area contributed by atoms with Gasteiger partial charge in [0.25, 0.3) is 0 Å². The molecule has 2 nitrogen and oxygen atoms in total. The lowest BCUT2D eigenvalue weighted by molar-refractivity contribution is 0.213. The number of nitrogens with zero attached hydrogens (tertiary/aromatic N) is 1. The lowest BCUT2D eigenvalue weighted by Crippen LogP contribution is -2.25. The summed E-state index contributed by atoms with van der Waals surface area (Å²) in [6.45, 7) is 6.92. The highest BCUT2D eigenvalue weighted by atomic mass is 16.3. The third-order valence-corrected chi connectivity index (χ3v) is 3.97. The molecular formula is C15H23NO. The van der Waals surface area contributed by atoms with Crippen LogP contribution >= 0.6 is 0 Å². The first-order valence-electron chi connectivity index (χ1n) is 6.65. The summed E-state index contributed by atoms with van der Waals surface area (Å²) in [5.41, 5.74) is 4.31. The Kier molecular flexibility index (Phi) is 4.19. The van der Waals surface area contributed by atoms with Crippen LogP contribution in [-0.4, -0.2) is 29.7 Å². The fourth-order valence-corrected chi connectivity index (χ4v) is 2.85. The first kappa shape index (κ1) is 12.6. The maximum atomic E-state index is 8.96. The standard InChI is InChI=1S/C15H23NO/c1-12-6-3-7-14(13(12)2)15-8-4-9-16(15)10-5-11-17/h3,6-7,15,17H,4-5,8-11H2,1-2H3. The number of hydrogen-bond acceptors (Lipinski definition) is 2. The van der Waals surface area contributed by atoms with Crippen LogP contribution in [0.1, 0.15) is 42.0 Å². The highest BCUT2D eigenvalue weighted by Gasteiger charge is 2.26. The third kappa shape index (κ3) is 2.70. The van der Waals surface area contributed by atoms with E-state index in [1.165, 1.54) is 36.1 Å². The molecule has 0 radical (unpaired) electrons. The van der Waals surface area contributed by atoms with E-state index in [4.69, 9.17) is 5.11 Å². The molecule has 1 aromatic rings. The van der Waals surface area contributed by atoms with Gasteiger partial charge in [0.15, 0.2) is 0 Å². The maximum absolute atomic E-state index is 8.96. The van der Waals surface area contributed by atoms with Gasteiger partial charge in [0.1, 0.15) is 0 Å². The Hall–Kier alpha value is -0.860. The molecule has 1 heterocycles. The van der Waals surface area contributed by atoms with Crippen molar-refractivity contribution in [2.75, 3.05) is 19.7 Å². The second kappa shape index (κ2) is 5.65. The number of aliphatic hydroxyl groups excluding tert-OH is 1. The third-order valence-electron chi connectivity index (χ3n) is 3.97. The van der Waals surface area contributed by atoms with Gasteiger partial charge in [-0.15, -0.1) is 0 Å². The fourth-order valence-electron chi connectivity index (χ4n) is 2.85. The number of likely N-dealkylation sites (tertiary alicyclic amines) is 1. The SMILES string of the molecule is Cc1cccc(C2CCCN2CCCO)c1C. The van der Waals surface area contributed by atoms with Gasteiger partial charge in [-0.25, -0.2) is 0 Å². The Labute approximate surface area is 104 Å². The summed E-state index contributed by atoms with van der Waals surface area (Å²) >= 11 is 0. The average molecular weight is 233 g/mol. The maximum Gasteiger partial charge on any atom is 0.0443 e. The van der Waals surface area contributed by atoms with Gasteiger partial charge in [-0.2, -0.15) is 0 Å². The second-order valence-corrected chi connectivity index (χ2v) is 5.06. The molecule has 1 aliphatic rings. The van der Waals surface area contributed by atoms with E-state index in [1.54, 1.807) is 0 Å². The molecule has 0 aliphatic carbocycles. The topological polar surface area (TPSA) is 23.5 Å². The van der Waals surface area contributed by atoms with Crippen LogP contribution in [0, 0.1) is 13.8 Å². The van der Waals surface area contributed by atoms with Crippen LogP contribution in [0.4, 0.5) is 0 Å².